The lowest BCUT2D eigenvalue weighted by Crippen LogP contribution is -2.55. The van der Waals surface area contributed by atoms with Gasteiger partial charge in [-0.05, 0) is 89.1 Å². The van der Waals surface area contributed by atoms with Crippen LogP contribution in [0.15, 0.2) is 6.20 Å². The first-order valence-electron chi connectivity index (χ1n) is 12.5. The molecule has 1 amide bonds. The van der Waals surface area contributed by atoms with E-state index in [0.29, 0.717) is 29.3 Å². The predicted molar refractivity (Wildman–Crippen MR) is 120 cm³/mol. The number of rotatable bonds is 7. The minimum absolute atomic E-state index is 0.00153. The van der Waals surface area contributed by atoms with Crippen LogP contribution < -0.4 is 15.4 Å². The maximum atomic E-state index is 13.3. The Morgan fingerprint density at radius 2 is 1.87 bits per heavy atom. The van der Waals surface area contributed by atoms with Crippen LogP contribution in [0.2, 0.25) is 0 Å². The van der Waals surface area contributed by atoms with Gasteiger partial charge in [0.25, 0.3) is 5.91 Å². The predicted octanol–water partition coefficient (Wildman–Crippen LogP) is 2.52. The highest BCUT2D eigenvalue weighted by molar-refractivity contribution is 5.96. The van der Waals surface area contributed by atoms with E-state index in [0.717, 1.165) is 51.1 Å². The van der Waals surface area contributed by atoms with E-state index in [-0.39, 0.29) is 12.0 Å². The number of hydrogen-bond donors (Lipinski definition) is 2. The lowest BCUT2D eigenvalue weighted by atomic mass is 9.54. The third-order valence-electron chi connectivity index (χ3n) is 7.97. The Balaban J connectivity index is 1.27. The van der Waals surface area contributed by atoms with E-state index in [2.05, 4.69) is 20.6 Å². The minimum Gasteiger partial charge on any atom is -0.475 e. The summed E-state index contributed by atoms with van der Waals surface area (Å²) in [7, 11) is 0. The van der Waals surface area contributed by atoms with Gasteiger partial charge in [-0.25, -0.2) is 4.68 Å². The molecule has 0 spiro atoms. The molecule has 1 saturated heterocycles. The number of hydrogen-bond acceptors (Lipinski definition) is 5. The molecule has 2 N–H and O–H groups in total. The lowest BCUT2D eigenvalue weighted by molar-refractivity contribution is -0.0120. The van der Waals surface area contributed by atoms with Crippen LogP contribution in [-0.2, 0) is 6.54 Å². The van der Waals surface area contributed by atoms with Crippen molar-refractivity contribution in [3.8, 4) is 5.88 Å². The van der Waals surface area contributed by atoms with Crippen molar-refractivity contribution >= 4 is 5.91 Å². The number of amides is 1. The van der Waals surface area contributed by atoms with Crippen LogP contribution >= 0.6 is 0 Å². The molecule has 4 saturated carbocycles. The fourth-order valence-electron chi connectivity index (χ4n) is 6.79. The Morgan fingerprint density at radius 3 is 2.58 bits per heavy atom. The summed E-state index contributed by atoms with van der Waals surface area (Å²) in [5.41, 5.74) is 0.597. The van der Waals surface area contributed by atoms with Gasteiger partial charge in [-0.15, -0.1) is 0 Å². The zero-order chi connectivity index (χ0) is 21.4. The summed E-state index contributed by atoms with van der Waals surface area (Å²) in [4.78, 5) is 15.8. The van der Waals surface area contributed by atoms with Crippen LogP contribution in [0.4, 0.5) is 0 Å². The normalized spacial score (nSPS) is 32.9. The van der Waals surface area contributed by atoms with E-state index < -0.39 is 0 Å². The molecule has 7 nitrogen and oxygen atoms in total. The Kier molecular flexibility index (Phi) is 6.24. The molecular weight excluding hydrogens is 390 g/mol. The molecule has 4 bridgehead atoms. The molecule has 4 aliphatic carbocycles. The quantitative estimate of drug-likeness (QED) is 0.697. The summed E-state index contributed by atoms with van der Waals surface area (Å²) < 4.78 is 8.01. The maximum absolute atomic E-state index is 13.3. The molecule has 1 aliphatic heterocycles. The van der Waals surface area contributed by atoms with Crippen molar-refractivity contribution in [2.24, 2.45) is 23.7 Å². The summed E-state index contributed by atoms with van der Waals surface area (Å²) in [6.07, 6.45) is 9.54. The second-order valence-corrected chi connectivity index (χ2v) is 10.6. The van der Waals surface area contributed by atoms with Crippen LogP contribution in [0.25, 0.3) is 0 Å². The summed E-state index contributed by atoms with van der Waals surface area (Å²) >= 11 is 0. The highest BCUT2D eigenvalue weighted by atomic mass is 16.5. The van der Waals surface area contributed by atoms with Gasteiger partial charge in [0.05, 0.1) is 18.8 Å². The van der Waals surface area contributed by atoms with Crippen LogP contribution in [0, 0.1) is 23.7 Å². The monoisotopic (exact) mass is 429 g/mol. The van der Waals surface area contributed by atoms with Gasteiger partial charge in [0.15, 0.2) is 0 Å². The first kappa shape index (κ1) is 21.3. The highest BCUT2D eigenvalue weighted by Gasteiger charge is 2.48. The third kappa shape index (κ3) is 4.63. The van der Waals surface area contributed by atoms with Gasteiger partial charge >= 0.3 is 0 Å². The number of carbonyl (C=O) groups excluding carboxylic acids is 1. The highest BCUT2D eigenvalue weighted by Crippen LogP contribution is 2.53. The van der Waals surface area contributed by atoms with E-state index in [1.165, 1.54) is 38.5 Å². The van der Waals surface area contributed by atoms with E-state index in [1.807, 2.05) is 18.5 Å². The van der Waals surface area contributed by atoms with E-state index in [1.54, 1.807) is 6.20 Å². The Morgan fingerprint density at radius 1 is 1.13 bits per heavy atom. The van der Waals surface area contributed by atoms with Crippen LogP contribution in [0.3, 0.4) is 0 Å². The number of carbonyl (C=O) groups is 1. The second-order valence-electron chi connectivity index (χ2n) is 10.6. The van der Waals surface area contributed by atoms with Crippen LogP contribution in [-0.4, -0.2) is 65.5 Å². The largest absolute Gasteiger partial charge is 0.475 e. The number of nitrogens with one attached hydrogen (secondary N) is 2. The standard InChI is InChI=1S/C24H39N5O2/c1-16(2)31-24-21(15-26-29(24)9-8-28-6-3-4-25-5-7-28)23(30)27-22-19-11-17-10-18(13-19)14-20(22)12-17/h15-20,22,25H,3-14H2,1-2H3,(H,27,30). The first-order valence-corrected chi connectivity index (χ1v) is 12.5. The van der Waals surface area contributed by atoms with E-state index >= 15 is 0 Å². The van der Waals surface area contributed by atoms with Crippen molar-refractivity contribution in [1.82, 2.24) is 25.3 Å². The van der Waals surface area contributed by atoms with Crippen molar-refractivity contribution in [1.29, 1.82) is 0 Å². The Bertz CT molecular complexity index is 740. The van der Waals surface area contributed by atoms with E-state index in [4.69, 9.17) is 4.74 Å². The van der Waals surface area contributed by atoms with Crippen molar-refractivity contribution < 1.29 is 9.53 Å². The summed E-state index contributed by atoms with van der Waals surface area (Å²) in [6.45, 7) is 9.98. The molecule has 2 heterocycles. The smallest absolute Gasteiger partial charge is 0.258 e. The molecule has 0 aromatic carbocycles. The molecule has 5 fully saturated rings. The molecule has 0 unspecified atom stereocenters. The average molecular weight is 430 g/mol. The summed E-state index contributed by atoms with van der Waals surface area (Å²) in [5.74, 6) is 3.78. The van der Waals surface area contributed by atoms with Gasteiger partial charge in [0.2, 0.25) is 5.88 Å². The lowest BCUT2D eigenvalue weighted by Gasteiger charge is -2.54. The number of aromatic nitrogens is 2. The molecule has 31 heavy (non-hydrogen) atoms. The molecule has 1 aromatic rings. The molecule has 172 valence electrons. The second kappa shape index (κ2) is 9.10. The molecule has 0 radical (unpaired) electrons. The van der Waals surface area contributed by atoms with Gasteiger partial charge < -0.3 is 20.3 Å². The summed E-state index contributed by atoms with van der Waals surface area (Å²) in [5, 5.41) is 11.5. The van der Waals surface area contributed by atoms with Gasteiger partial charge in [-0.1, -0.05) is 0 Å². The summed E-state index contributed by atoms with van der Waals surface area (Å²) in [6, 6.07) is 0.333. The molecule has 1 aromatic heterocycles. The van der Waals surface area contributed by atoms with Crippen molar-refractivity contribution in [2.45, 2.75) is 71.1 Å². The van der Waals surface area contributed by atoms with Crippen molar-refractivity contribution in [3.63, 3.8) is 0 Å². The maximum Gasteiger partial charge on any atom is 0.258 e. The molecule has 7 heteroatoms. The average Bonchev–Trinajstić information content (AvgIpc) is 2.93. The zero-order valence-electron chi connectivity index (χ0n) is 19.2. The number of nitrogens with zero attached hydrogens (tertiary/aromatic N) is 3. The molecular formula is C24H39N5O2. The topological polar surface area (TPSA) is 71.4 Å². The molecule has 6 rings (SSSR count). The van der Waals surface area contributed by atoms with Gasteiger partial charge in [0.1, 0.15) is 5.56 Å². The zero-order valence-corrected chi connectivity index (χ0v) is 19.2. The van der Waals surface area contributed by atoms with Crippen molar-refractivity contribution in [3.05, 3.63) is 11.8 Å². The number of ether oxygens (including phenoxy) is 1. The Hall–Kier alpha value is -1.60. The molecule has 5 aliphatic rings. The minimum atomic E-state index is -0.00153. The SMILES string of the molecule is CC(C)Oc1c(C(=O)NC2C3CC4CC(C3)CC2C4)cnn1CCN1CCCNCC1. The fourth-order valence-corrected chi connectivity index (χ4v) is 6.79. The van der Waals surface area contributed by atoms with Crippen LogP contribution in [0.5, 0.6) is 5.88 Å². The third-order valence-corrected chi connectivity index (χ3v) is 7.97. The van der Waals surface area contributed by atoms with E-state index in [9.17, 15) is 4.79 Å². The van der Waals surface area contributed by atoms with Crippen LogP contribution in [0.1, 0.15) is 62.7 Å². The Labute approximate surface area is 186 Å². The molecule has 0 atom stereocenters. The fraction of sp³-hybridized carbons (Fsp3) is 0.833. The first-order chi connectivity index (χ1) is 15.1. The van der Waals surface area contributed by atoms with Crippen molar-refractivity contribution in [2.75, 3.05) is 32.7 Å². The van der Waals surface area contributed by atoms with Gasteiger partial charge in [-0.2, -0.15) is 5.10 Å². The van der Waals surface area contributed by atoms with Gasteiger partial charge in [-0.3, -0.25) is 4.79 Å². The van der Waals surface area contributed by atoms with Gasteiger partial charge in [0, 0.05) is 25.7 Å².